The third kappa shape index (κ3) is 7.85. The number of para-hydroxylation sites is 1. The van der Waals surface area contributed by atoms with E-state index in [9.17, 15) is 14.4 Å². The molecule has 2 aromatic carbocycles. The van der Waals surface area contributed by atoms with E-state index in [0.29, 0.717) is 23.2 Å². The first-order valence-electron chi connectivity index (χ1n) is 12.5. The summed E-state index contributed by atoms with van der Waals surface area (Å²) in [6, 6.07) is 10.9. The summed E-state index contributed by atoms with van der Waals surface area (Å²) in [7, 11) is 1.57. The number of nitrogens with zero attached hydrogens (tertiary/aromatic N) is 1. The third-order valence-electron chi connectivity index (χ3n) is 6.26. The largest absolute Gasteiger partial charge is 0.444 e. The maximum absolute atomic E-state index is 13.8. The van der Waals surface area contributed by atoms with Crippen LogP contribution in [-0.2, 0) is 14.3 Å². The lowest BCUT2D eigenvalue weighted by Gasteiger charge is -2.33. The molecule has 0 saturated carbocycles. The quantitative estimate of drug-likeness (QED) is 0.473. The molecule has 0 aromatic heterocycles. The average molecular weight is 506 g/mol. The first-order chi connectivity index (χ1) is 17.3. The summed E-state index contributed by atoms with van der Waals surface area (Å²) in [5.41, 5.74) is 3.06. The molecule has 0 fully saturated rings. The number of aryl methyl sites for hydroxylation is 2. The van der Waals surface area contributed by atoms with Crippen molar-refractivity contribution in [3.8, 4) is 12.3 Å². The van der Waals surface area contributed by atoms with Crippen LogP contribution in [0.2, 0.25) is 0 Å². The number of alkyl carbamates (subject to hydrolysis) is 1. The number of nitrogens with one attached hydrogen (secondary N) is 2. The number of carbonyl (C=O) groups excluding carboxylic acids is 3. The van der Waals surface area contributed by atoms with E-state index >= 15 is 0 Å². The Kier molecular flexibility index (Phi) is 9.90. The van der Waals surface area contributed by atoms with Gasteiger partial charge in [0.05, 0.1) is 0 Å². The fraction of sp³-hybridized carbons (Fsp3) is 0.433. The molecule has 2 N–H and O–H groups in total. The highest BCUT2D eigenvalue weighted by atomic mass is 16.6. The van der Waals surface area contributed by atoms with Crippen molar-refractivity contribution in [2.24, 2.45) is 5.92 Å². The summed E-state index contributed by atoms with van der Waals surface area (Å²) in [5.74, 6) is 1.59. The van der Waals surface area contributed by atoms with E-state index in [1.807, 2.05) is 45.9 Å². The molecule has 0 saturated heterocycles. The molecule has 2 aromatic rings. The summed E-state index contributed by atoms with van der Waals surface area (Å²) >= 11 is 0. The van der Waals surface area contributed by atoms with Crippen LogP contribution in [0.15, 0.2) is 42.5 Å². The van der Waals surface area contributed by atoms with Crippen molar-refractivity contribution in [3.63, 3.8) is 0 Å². The number of anilines is 1. The van der Waals surface area contributed by atoms with E-state index in [0.717, 1.165) is 11.1 Å². The number of amides is 3. The number of ether oxygens (including phenoxy) is 1. The molecular formula is C30H39N3O4. The van der Waals surface area contributed by atoms with Crippen molar-refractivity contribution >= 4 is 23.6 Å². The summed E-state index contributed by atoms with van der Waals surface area (Å²) in [4.78, 5) is 41.5. The van der Waals surface area contributed by atoms with Gasteiger partial charge in [-0.1, -0.05) is 56.5 Å². The number of carbonyl (C=O) groups is 3. The normalized spacial score (nSPS) is 13.5. The number of likely N-dealkylation sites (N-methyl/N-ethyl adjacent to an activating group) is 1. The van der Waals surface area contributed by atoms with Gasteiger partial charge in [0.2, 0.25) is 5.91 Å². The van der Waals surface area contributed by atoms with Gasteiger partial charge in [0, 0.05) is 18.3 Å². The van der Waals surface area contributed by atoms with E-state index in [2.05, 4.69) is 16.6 Å². The zero-order valence-electron chi connectivity index (χ0n) is 23.1. The summed E-state index contributed by atoms with van der Waals surface area (Å²) in [6.07, 6.45) is 5.46. The molecule has 3 amide bonds. The molecular weight excluding hydrogens is 466 g/mol. The van der Waals surface area contributed by atoms with Gasteiger partial charge < -0.3 is 20.3 Å². The predicted octanol–water partition coefficient (Wildman–Crippen LogP) is 5.36. The molecule has 0 aliphatic rings. The van der Waals surface area contributed by atoms with Crippen LogP contribution < -0.4 is 10.6 Å². The average Bonchev–Trinajstić information content (AvgIpc) is 2.83. The molecule has 0 aliphatic carbocycles. The fourth-order valence-electron chi connectivity index (χ4n) is 3.98. The van der Waals surface area contributed by atoms with Crippen LogP contribution in [-0.4, -0.2) is 41.5 Å². The Morgan fingerprint density at radius 1 is 1.05 bits per heavy atom. The number of hydrogen-bond acceptors (Lipinski definition) is 4. The molecule has 0 radical (unpaired) electrons. The van der Waals surface area contributed by atoms with Gasteiger partial charge in [0.1, 0.15) is 17.7 Å². The van der Waals surface area contributed by atoms with Crippen molar-refractivity contribution in [3.05, 3.63) is 64.7 Å². The Hall–Kier alpha value is -3.79. The second-order valence-electron chi connectivity index (χ2n) is 10.4. The van der Waals surface area contributed by atoms with Crippen molar-refractivity contribution in [2.75, 3.05) is 12.4 Å². The molecule has 198 valence electrons. The number of hydrogen-bond donors (Lipinski definition) is 2. The molecule has 0 aliphatic heterocycles. The SMILES string of the molecule is C#Cc1ccc(C(C(=O)Nc2c(C)cccc2C)N(C)C(=O)C(NC(=O)OC(C)(C)C)C(C)CC)cc1. The molecule has 3 atom stereocenters. The Balaban J connectivity index is 2.46. The Labute approximate surface area is 221 Å². The van der Waals surface area contributed by atoms with Gasteiger partial charge in [-0.2, -0.15) is 0 Å². The maximum Gasteiger partial charge on any atom is 0.408 e. The highest BCUT2D eigenvalue weighted by Gasteiger charge is 2.36. The van der Waals surface area contributed by atoms with E-state index in [1.165, 1.54) is 4.90 Å². The minimum absolute atomic E-state index is 0.200. The molecule has 7 heteroatoms. The summed E-state index contributed by atoms with van der Waals surface area (Å²) in [5, 5.41) is 5.74. The zero-order chi connectivity index (χ0) is 27.9. The molecule has 2 rings (SSSR count). The Bertz CT molecular complexity index is 1140. The second kappa shape index (κ2) is 12.4. The second-order valence-corrected chi connectivity index (χ2v) is 10.4. The Morgan fingerprint density at radius 3 is 2.11 bits per heavy atom. The van der Waals surface area contributed by atoms with Crippen LogP contribution in [0.5, 0.6) is 0 Å². The topological polar surface area (TPSA) is 87.7 Å². The van der Waals surface area contributed by atoms with Crippen molar-refractivity contribution in [1.29, 1.82) is 0 Å². The Morgan fingerprint density at radius 2 is 1.62 bits per heavy atom. The standard InChI is InChI=1S/C30H39N3O4/c1-10-19(3)25(32-29(36)37-30(6,7)8)28(35)33(9)26(23-17-15-22(11-2)16-18-23)27(34)31-24-20(4)13-12-14-21(24)5/h2,12-19,25-26H,10H2,1,3-9H3,(H,31,34)(H,32,36). The van der Waals surface area contributed by atoms with Crippen LogP contribution in [0.3, 0.4) is 0 Å². The first kappa shape index (κ1) is 29.4. The number of terminal acetylenes is 1. The van der Waals surface area contributed by atoms with Crippen molar-refractivity contribution in [2.45, 2.75) is 72.6 Å². The molecule has 0 heterocycles. The molecule has 37 heavy (non-hydrogen) atoms. The predicted molar refractivity (Wildman–Crippen MR) is 147 cm³/mol. The molecule has 0 bridgehead atoms. The minimum Gasteiger partial charge on any atom is -0.444 e. The monoisotopic (exact) mass is 505 g/mol. The van der Waals surface area contributed by atoms with Gasteiger partial charge in [-0.05, 0) is 69.4 Å². The smallest absolute Gasteiger partial charge is 0.408 e. The maximum atomic E-state index is 13.8. The molecule has 7 nitrogen and oxygen atoms in total. The third-order valence-corrected chi connectivity index (χ3v) is 6.26. The van der Waals surface area contributed by atoms with Crippen LogP contribution in [0, 0.1) is 32.1 Å². The lowest BCUT2D eigenvalue weighted by molar-refractivity contribution is -0.140. The summed E-state index contributed by atoms with van der Waals surface area (Å²) < 4.78 is 5.40. The highest BCUT2D eigenvalue weighted by Crippen LogP contribution is 2.27. The van der Waals surface area contributed by atoms with Gasteiger partial charge in [-0.25, -0.2) is 4.79 Å². The first-order valence-corrected chi connectivity index (χ1v) is 12.5. The number of rotatable bonds is 8. The van der Waals surface area contributed by atoms with Crippen LogP contribution >= 0.6 is 0 Å². The van der Waals surface area contributed by atoms with Gasteiger partial charge in [-0.3, -0.25) is 9.59 Å². The van der Waals surface area contributed by atoms with Gasteiger partial charge in [0.25, 0.3) is 5.91 Å². The highest BCUT2D eigenvalue weighted by molar-refractivity contribution is 5.99. The van der Waals surface area contributed by atoms with E-state index in [4.69, 9.17) is 11.2 Å². The number of benzene rings is 2. The van der Waals surface area contributed by atoms with E-state index < -0.39 is 29.7 Å². The zero-order valence-corrected chi connectivity index (χ0v) is 23.1. The lowest BCUT2D eigenvalue weighted by Crippen LogP contribution is -2.53. The van der Waals surface area contributed by atoms with E-state index in [-0.39, 0.29) is 11.8 Å². The van der Waals surface area contributed by atoms with Crippen molar-refractivity contribution < 1.29 is 19.1 Å². The lowest BCUT2D eigenvalue weighted by atomic mass is 9.96. The van der Waals surface area contributed by atoms with Crippen LogP contribution in [0.1, 0.15) is 69.3 Å². The van der Waals surface area contributed by atoms with Crippen molar-refractivity contribution in [1.82, 2.24) is 10.2 Å². The van der Waals surface area contributed by atoms with E-state index in [1.54, 1.807) is 52.1 Å². The van der Waals surface area contributed by atoms with Crippen LogP contribution in [0.4, 0.5) is 10.5 Å². The minimum atomic E-state index is -0.967. The molecule has 0 spiro atoms. The van der Waals surface area contributed by atoms with Crippen LogP contribution in [0.25, 0.3) is 0 Å². The molecule has 3 unspecified atom stereocenters. The van der Waals surface area contributed by atoms with Gasteiger partial charge >= 0.3 is 6.09 Å². The summed E-state index contributed by atoms with van der Waals surface area (Å²) in [6.45, 7) is 12.9. The van der Waals surface area contributed by atoms with Gasteiger partial charge in [-0.15, -0.1) is 6.42 Å². The van der Waals surface area contributed by atoms with Gasteiger partial charge in [0.15, 0.2) is 0 Å². The fourth-order valence-corrected chi connectivity index (χ4v) is 3.98.